The standard InChI is InChI=1S/C6H14O3SSi/c1-3-5-10(7,8)9-6-11-4-2/h4H,2-3,5-6,11H2,1H3. The molecule has 0 aromatic carbocycles. The van der Waals surface area contributed by atoms with Crippen molar-refractivity contribution in [1.29, 1.82) is 0 Å². The van der Waals surface area contributed by atoms with Crippen molar-refractivity contribution in [2.75, 3.05) is 12.0 Å². The molecular formula is C6H14O3SSi. The topological polar surface area (TPSA) is 43.4 Å². The number of hydrogen-bond donors (Lipinski definition) is 0. The summed E-state index contributed by atoms with van der Waals surface area (Å²) in [6, 6.07) is 0. The molecule has 5 heteroatoms. The Hall–Kier alpha value is -0.133. The van der Waals surface area contributed by atoms with Crippen molar-refractivity contribution < 1.29 is 12.6 Å². The van der Waals surface area contributed by atoms with Gasteiger partial charge in [-0.2, -0.15) is 8.42 Å². The van der Waals surface area contributed by atoms with E-state index in [0.717, 1.165) is 0 Å². The Labute approximate surface area is 70.4 Å². The van der Waals surface area contributed by atoms with E-state index in [1.165, 1.54) is 0 Å². The van der Waals surface area contributed by atoms with Gasteiger partial charge in [-0.1, -0.05) is 6.92 Å². The minimum atomic E-state index is -3.22. The Bertz CT molecular complexity index is 198. The molecule has 3 nitrogen and oxygen atoms in total. The summed E-state index contributed by atoms with van der Waals surface area (Å²) in [7, 11) is -3.73. The van der Waals surface area contributed by atoms with E-state index in [2.05, 4.69) is 10.8 Å². The molecule has 66 valence electrons. The van der Waals surface area contributed by atoms with Crippen LogP contribution in [0.3, 0.4) is 0 Å². The Kier molecular flexibility index (Phi) is 5.44. The summed E-state index contributed by atoms with van der Waals surface area (Å²) in [4.78, 5) is 0. The van der Waals surface area contributed by atoms with Crippen LogP contribution in [0.2, 0.25) is 0 Å². The SMILES string of the molecule is C=C[SiH2]COS(=O)(=O)CCC. The van der Waals surface area contributed by atoms with E-state index in [1.54, 1.807) is 5.70 Å². The van der Waals surface area contributed by atoms with Crippen LogP contribution in [0.1, 0.15) is 13.3 Å². The van der Waals surface area contributed by atoms with Crippen LogP contribution in [0, 0.1) is 0 Å². The van der Waals surface area contributed by atoms with Crippen LogP contribution in [0.15, 0.2) is 12.3 Å². The van der Waals surface area contributed by atoms with Crippen molar-refractivity contribution in [1.82, 2.24) is 0 Å². The molecule has 0 radical (unpaired) electrons. The first kappa shape index (κ1) is 10.9. The highest BCUT2D eigenvalue weighted by atomic mass is 32.2. The maximum absolute atomic E-state index is 10.9. The Balaban J connectivity index is 3.64. The summed E-state index contributed by atoms with van der Waals surface area (Å²) in [6.07, 6.45) is 0.962. The van der Waals surface area contributed by atoms with Gasteiger partial charge in [-0.3, -0.25) is 4.18 Å². The molecule has 0 heterocycles. The summed E-state index contributed by atoms with van der Waals surface area (Å²) in [5.41, 5.74) is 1.77. The van der Waals surface area contributed by atoms with Crippen LogP contribution < -0.4 is 0 Å². The molecular weight excluding hydrogens is 180 g/mol. The molecule has 0 rings (SSSR count). The fourth-order valence-corrected chi connectivity index (χ4v) is 2.75. The van der Waals surface area contributed by atoms with Gasteiger partial charge in [-0.05, 0) is 6.42 Å². The van der Waals surface area contributed by atoms with E-state index in [4.69, 9.17) is 0 Å². The van der Waals surface area contributed by atoms with E-state index in [9.17, 15) is 8.42 Å². The van der Waals surface area contributed by atoms with Gasteiger partial charge in [0.2, 0.25) is 0 Å². The van der Waals surface area contributed by atoms with E-state index in [-0.39, 0.29) is 5.75 Å². The van der Waals surface area contributed by atoms with Gasteiger partial charge < -0.3 is 0 Å². The monoisotopic (exact) mass is 194 g/mol. The van der Waals surface area contributed by atoms with Gasteiger partial charge in [-0.25, -0.2) is 0 Å². The lowest BCUT2D eigenvalue weighted by Crippen LogP contribution is -2.13. The highest BCUT2D eigenvalue weighted by molar-refractivity contribution is 7.86. The summed E-state index contributed by atoms with van der Waals surface area (Å²) < 4.78 is 26.4. The van der Waals surface area contributed by atoms with Gasteiger partial charge in [0.1, 0.15) is 0 Å². The molecule has 0 saturated heterocycles. The molecule has 0 aliphatic heterocycles. The van der Waals surface area contributed by atoms with Gasteiger partial charge in [0.25, 0.3) is 10.1 Å². The van der Waals surface area contributed by atoms with E-state index in [0.29, 0.717) is 12.7 Å². The molecule has 0 N–H and O–H groups in total. The van der Waals surface area contributed by atoms with Crippen LogP contribution >= 0.6 is 0 Å². The zero-order valence-electron chi connectivity index (χ0n) is 6.75. The van der Waals surface area contributed by atoms with Gasteiger partial charge in [0.05, 0.1) is 21.5 Å². The third-order valence-corrected chi connectivity index (χ3v) is 3.62. The van der Waals surface area contributed by atoms with Gasteiger partial charge >= 0.3 is 0 Å². The van der Waals surface area contributed by atoms with Crippen molar-refractivity contribution in [3.8, 4) is 0 Å². The van der Waals surface area contributed by atoms with Crippen molar-refractivity contribution in [3.05, 3.63) is 12.3 Å². The van der Waals surface area contributed by atoms with E-state index < -0.39 is 19.6 Å². The maximum atomic E-state index is 10.9. The minimum Gasteiger partial charge on any atom is -0.274 e. The lowest BCUT2D eigenvalue weighted by molar-refractivity contribution is 0.375. The molecule has 0 aromatic rings. The van der Waals surface area contributed by atoms with E-state index in [1.807, 2.05) is 6.92 Å². The molecule has 0 spiro atoms. The predicted octanol–water partition coefficient (Wildman–Crippen LogP) is 0.0126. The van der Waals surface area contributed by atoms with Crippen molar-refractivity contribution in [2.45, 2.75) is 13.3 Å². The maximum Gasteiger partial charge on any atom is 0.266 e. The Morgan fingerprint density at radius 2 is 2.27 bits per heavy atom. The third kappa shape index (κ3) is 6.27. The van der Waals surface area contributed by atoms with Gasteiger partial charge in [0.15, 0.2) is 0 Å². The van der Waals surface area contributed by atoms with Crippen LogP contribution in [0.4, 0.5) is 0 Å². The fraction of sp³-hybridized carbons (Fsp3) is 0.667. The van der Waals surface area contributed by atoms with Crippen LogP contribution in [-0.4, -0.2) is 29.9 Å². The Morgan fingerprint density at radius 3 is 2.73 bits per heavy atom. The molecule has 0 aliphatic rings. The van der Waals surface area contributed by atoms with Crippen LogP contribution in [0.5, 0.6) is 0 Å². The molecule has 0 amide bonds. The smallest absolute Gasteiger partial charge is 0.266 e. The van der Waals surface area contributed by atoms with Crippen molar-refractivity contribution >= 4 is 19.6 Å². The average Bonchev–Trinajstić information content (AvgIpc) is 1.87. The first-order valence-corrected chi connectivity index (χ1v) is 6.99. The molecule has 0 atom stereocenters. The van der Waals surface area contributed by atoms with Crippen LogP contribution in [-0.2, 0) is 14.3 Å². The highest BCUT2D eigenvalue weighted by Gasteiger charge is 2.07. The summed E-state index contributed by atoms with van der Waals surface area (Å²) >= 11 is 0. The van der Waals surface area contributed by atoms with Crippen LogP contribution in [0.25, 0.3) is 0 Å². The second-order valence-electron chi connectivity index (χ2n) is 2.16. The van der Waals surface area contributed by atoms with Crippen molar-refractivity contribution in [3.63, 3.8) is 0 Å². The normalized spacial score (nSPS) is 12.5. The van der Waals surface area contributed by atoms with Gasteiger partial charge in [-0.15, -0.1) is 12.3 Å². The average molecular weight is 194 g/mol. The lowest BCUT2D eigenvalue weighted by Gasteiger charge is -2.00. The second kappa shape index (κ2) is 5.51. The zero-order chi connectivity index (χ0) is 8.74. The fourth-order valence-electron chi connectivity index (χ4n) is 0.567. The molecule has 0 aromatic heterocycles. The number of rotatable bonds is 6. The summed E-state index contributed by atoms with van der Waals surface area (Å²) in [5, 5.41) is 0. The largest absolute Gasteiger partial charge is 0.274 e. The molecule has 0 fully saturated rings. The molecule has 0 unspecified atom stereocenters. The summed E-state index contributed by atoms with van der Waals surface area (Å²) in [5.74, 6) is 0.124. The van der Waals surface area contributed by atoms with Crippen molar-refractivity contribution in [2.24, 2.45) is 0 Å². The quantitative estimate of drug-likeness (QED) is 0.340. The zero-order valence-corrected chi connectivity index (χ0v) is 8.98. The molecule has 0 aliphatic carbocycles. The summed E-state index contributed by atoms with van der Waals surface area (Å²) in [6.45, 7) is 5.32. The molecule has 0 saturated carbocycles. The number of hydrogen-bond acceptors (Lipinski definition) is 3. The molecule has 0 bridgehead atoms. The van der Waals surface area contributed by atoms with Gasteiger partial charge in [0, 0.05) is 0 Å². The second-order valence-corrected chi connectivity index (χ2v) is 5.48. The predicted molar refractivity (Wildman–Crippen MR) is 48.8 cm³/mol. The first-order chi connectivity index (χ1) is 5.12. The highest BCUT2D eigenvalue weighted by Crippen LogP contribution is 1.94. The minimum absolute atomic E-state index is 0.124. The molecule has 11 heavy (non-hydrogen) atoms. The first-order valence-electron chi connectivity index (χ1n) is 3.60. The Morgan fingerprint density at radius 1 is 1.64 bits per heavy atom. The third-order valence-electron chi connectivity index (χ3n) is 1.04. The van der Waals surface area contributed by atoms with E-state index >= 15 is 0 Å². The lowest BCUT2D eigenvalue weighted by atomic mass is 10.6.